The van der Waals surface area contributed by atoms with E-state index < -0.39 is 0 Å². The third-order valence-corrected chi connectivity index (χ3v) is 3.61. The largest absolute Gasteiger partial charge is 0.325 e. The van der Waals surface area contributed by atoms with E-state index in [0.717, 1.165) is 25.7 Å². The maximum Gasteiger partial charge on any atom is 0.0696 e. The van der Waals surface area contributed by atoms with Gasteiger partial charge >= 0.3 is 0 Å². The molecular weight excluding hydrogens is 219 g/mol. The molecule has 2 radical (unpaired) electrons. The van der Waals surface area contributed by atoms with Gasteiger partial charge in [0.2, 0.25) is 0 Å². The Labute approximate surface area is 116 Å². The summed E-state index contributed by atoms with van der Waals surface area (Å²) in [7, 11) is 5.80. The van der Waals surface area contributed by atoms with Crippen molar-refractivity contribution in [2.75, 3.05) is 0 Å². The lowest BCUT2D eigenvalue weighted by molar-refractivity contribution is 0.353. The Kier molecular flexibility index (Phi) is 8.21. The van der Waals surface area contributed by atoms with Crippen LogP contribution in [0.25, 0.3) is 0 Å². The summed E-state index contributed by atoms with van der Waals surface area (Å²) in [5.41, 5.74) is 12.4. The molecule has 0 aliphatic rings. The van der Waals surface area contributed by atoms with Gasteiger partial charge in [-0.3, -0.25) is 0 Å². The van der Waals surface area contributed by atoms with E-state index in [1.165, 1.54) is 25.7 Å². The van der Waals surface area contributed by atoms with Gasteiger partial charge in [0.15, 0.2) is 0 Å². The zero-order chi connectivity index (χ0) is 14.2. The molecule has 3 unspecified atom stereocenters. The van der Waals surface area contributed by atoms with E-state index in [2.05, 4.69) is 20.8 Å². The van der Waals surface area contributed by atoms with E-state index in [9.17, 15) is 0 Å². The first-order valence-electron chi connectivity index (χ1n) is 7.52. The molecule has 0 bridgehead atoms. The van der Waals surface area contributed by atoms with E-state index in [1.54, 1.807) is 0 Å². The van der Waals surface area contributed by atoms with Crippen LogP contribution in [0.15, 0.2) is 0 Å². The summed E-state index contributed by atoms with van der Waals surface area (Å²) >= 11 is 0. The van der Waals surface area contributed by atoms with Crippen molar-refractivity contribution in [2.45, 2.75) is 96.0 Å². The van der Waals surface area contributed by atoms with E-state index >= 15 is 0 Å². The van der Waals surface area contributed by atoms with Crippen molar-refractivity contribution in [3.8, 4) is 0 Å². The summed E-state index contributed by atoms with van der Waals surface area (Å²) < 4.78 is 0. The Hall–Kier alpha value is -0.0151. The molecule has 0 aliphatic heterocycles. The fourth-order valence-corrected chi connectivity index (χ4v) is 2.77. The molecule has 0 aromatic carbocycles. The lowest BCUT2D eigenvalue weighted by Crippen LogP contribution is -2.37. The quantitative estimate of drug-likeness (QED) is 0.461. The minimum absolute atomic E-state index is 0.0204. The van der Waals surface area contributed by atoms with Gasteiger partial charge in [0.25, 0.3) is 0 Å². The molecule has 0 spiro atoms. The predicted octanol–water partition coefficient (Wildman–Crippen LogP) is 3.54. The lowest BCUT2D eigenvalue weighted by atomic mass is 9.77. The molecule has 0 fully saturated rings. The minimum Gasteiger partial charge on any atom is -0.325 e. The van der Waals surface area contributed by atoms with Gasteiger partial charge in [0, 0.05) is 11.1 Å². The maximum absolute atomic E-state index is 6.23. The topological polar surface area (TPSA) is 52.0 Å². The Bertz CT molecular complexity index is 213. The molecule has 4 N–H and O–H groups in total. The highest BCUT2D eigenvalue weighted by Crippen LogP contribution is 2.23. The third-order valence-electron chi connectivity index (χ3n) is 3.61. The molecule has 0 aromatic rings. The van der Waals surface area contributed by atoms with Crippen LogP contribution in [-0.4, -0.2) is 18.9 Å². The Balaban J connectivity index is 3.68. The zero-order valence-corrected chi connectivity index (χ0v) is 13.0. The molecular formula is C15H33BN2. The molecule has 0 saturated heterocycles. The molecule has 0 rings (SSSR count). The first kappa shape index (κ1) is 18.0. The second kappa shape index (κ2) is 8.21. The second-order valence-corrected chi connectivity index (χ2v) is 6.80. The number of hydrogen-bond acceptors (Lipinski definition) is 2. The van der Waals surface area contributed by atoms with Crippen molar-refractivity contribution >= 4 is 7.85 Å². The molecule has 3 heteroatoms. The maximum atomic E-state index is 6.23. The van der Waals surface area contributed by atoms with Gasteiger partial charge in [-0.2, -0.15) is 0 Å². The SMILES string of the molecule is [B]C(C)CC(C)(N)CCCCCC(C)(N)CCC. The lowest BCUT2D eigenvalue weighted by Gasteiger charge is -2.27. The molecule has 106 valence electrons. The summed E-state index contributed by atoms with van der Waals surface area (Å²) in [4.78, 5) is 0. The molecule has 0 aromatic heterocycles. The predicted molar refractivity (Wildman–Crippen MR) is 83.0 cm³/mol. The number of nitrogens with two attached hydrogens (primary N) is 2. The fourth-order valence-electron chi connectivity index (χ4n) is 2.77. The first-order valence-corrected chi connectivity index (χ1v) is 7.52. The van der Waals surface area contributed by atoms with Gasteiger partial charge in [-0.25, -0.2) is 0 Å². The molecule has 2 nitrogen and oxygen atoms in total. The molecule has 0 saturated carbocycles. The van der Waals surface area contributed by atoms with Gasteiger partial charge in [-0.15, -0.1) is 0 Å². The summed E-state index contributed by atoms with van der Waals surface area (Å²) in [6.45, 7) is 8.49. The molecule has 0 aliphatic carbocycles. The van der Waals surface area contributed by atoms with E-state index in [-0.39, 0.29) is 16.9 Å². The molecule has 18 heavy (non-hydrogen) atoms. The monoisotopic (exact) mass is 252 g/mol. The Morgan fingerprint density at radius 2 is 1.44 bits per heavy atom. The van der Waals surface area contributed by atoms with Gasteiger partial charge in [-0.05, 0) is 39.5 Å². The summed E-state index contributed by atoms with van der Waals surface area (Å²) in [5.74, 6) is 0.192. The highest BCUT2D eigenvalue weighted by Gasteiger charge is 2.20. The smallest absolute Gasteiger partial charge is 0.0696 e. The number of rotatable bonds is 10. The zero-order valence-electron chi connectivity index (χ0n) is 13.0. The van der Waals surface area contributed by atoms with Crippen LogP contribution in [0.3, 0.4) is 0 Å². The van der Waals surface area contributed by atoms with Crippen molar-refractivity contribution in [1.29, 1.82) is 0 Å². The Morgan fingerprint density at radius 3 is 1.89 bits per heavy atom. The van der Waals surface area contributed by atoms with Crippen LogP contribution in [0.5, 0.6) is 0 Å². The first-order chi connectivity index (χ1) is 8.18. The van der Waals surface area contributed by atoms with Crippen LogP contribution in [-0.2, 0) is 0 Å². The van der Waals surface area contributed by atoms with Crippen LogP contribution < -0.4 is 11.5 Å². The average Bonchev–Trinajstić information content (AvgIpc) is 2.14. The van der Waals surface area contributed by atoms with Crippen LogP contribution >= 0.6 is 0 Å². The second-order valence-electron chi connectivity index (χ2n) is 6.80. The van der Waals surface area contributed by atoms with Crippen LogP contribution in [0.2, 0.25) is 5.82 Å². The van der Waals surface area contributed by atoms with Crippen LogP contribution in [0.1, 0.15) is 79.1 Å². The van der Waals surface area contributed by atoms with Crippen molar-refractivity contribution in [3.63, 3.8) is 0 Å². The number of hydrogen-bond donors (Lipinski definition) is 2. The van der Waals surface area contributed by atoms with E-state index in [1.807, 2.05) is 6.92 Å². The number of unbranched alkanes of at least 4 members (excludes halogenated alkanes) is 2. The minimum atomic E-state index is -0.108. The van der Waals surface area contributed by atoms with Crippen molar-refractivity contribution in [3.05, 3.63) is 0 Å². The van der Waals surface area contributed by atoms with Crippen molar-refractivity contribution in [1.82, 2.24) is 0 Å². The van der Waals surface area contributed by atoms with Crippen molar-refractivity contribution < 1.29 is 0 Å². The third kappa shape index (κ3) is 9.96. The molecule has 0 amide bonds. The average molecular weight is 252 g/mol. The van der Waals surface area contributed by atoms with Gasteiger partial charge in [0.05, 0.1) is 7.85 Å². The van der Waals surface area contributed by atoms with Gasteiger partial charge < -0.3 is 11.5 Å². The van der Waals surface area contributed by atoms with Gasteiger partial charge in [0.1, 0.15) is 0 Å². The molecule has 3 atom stereocenters. The highest BCUT2D eigenvalue weighted by molar-refractivity contribution is 6.11. The summed E-state index contributed by atoms with van der Waals surface area (Å²) in [5, 5.41) is 0. The van der Waals surface area contributed by atoms with Crippen LogP contribution in [0, 0.1) is 0 Å². The normalized spacial score (nSPS) is 20.1. The fraction of sp³-hybridized carbons (Fsp3) is 1.00. The van der Waals surface area contributed by atoms with Crippen molar-refractivity contribution in [2.24, 2.45) is 11.5 Å². The molecule has 0 heterocycles. The summed E-state index contributed by atoms with van der Waals surface area (Å²) in [6.07, 6.45) is 8.98. The van der Waals surface area contributed by atoms with E-state index in [0.29, 0.717) is 0 Å². The summed E-state index contributed by atoms with van der Waals surface area (Å²) in [6, 6.07) is 0. The van der Waals surface area contributed by atoms with Gasteiger partial charge in [-0.1, -0.05) is 45.3 Å². The van der Waals surface area contributed by atoms with Crippen LogP contribution in [0.4, 0.5) is 0 Å². The van der Waals surface area contributed by atoms with E-state index in [4.69, 9.17) is 19.3 Å². The Morgan fingerprint density at radius 1 is 0.944 bits per heavy atom. The standard InChI is InChI=1S/C15H33BN2/c1-5-9-14(3,17)10-7-6-8-11-15(4,18)12-13(2)16/h13H,5-12,17-18H2,1-4H3. The highest BCUT2D eigenvalue weighted by atomic mass is 14.7.